The zero-order chi connectivity index (χ0) is 29.8. The summed E-state index contributed by atoms with van der Waals surface area (Å²) >= 11 is 0. The van der Waals surface area contributed by atoms with E-state index >= 15 is 0 Å². The van der Waals surface area contributed by atoms with Crippen LogP contribution in [0.1, 0.15) is 50.3 Å². The highest BCUT2D eigenvalue weighted by atomic mass is 16.6. The van der Waals surface area contributed by atoms with Gasteiger partial charge >= 0.3 is 12.0 Å². The molecule has 41 heavy (non-hydrogen) atoms. The number of hydrogen-bond acceptors (Lipinski definition) is 6. The van der Waals surface area contributed by atoms with Crippen LogP contribution in [-0.2, 0) is 27.3 Å². The lowest BCUT2D eigenvalue weighted by atomic mass is 9.93. The van der Waals surface area contributed by atoms with Crippen molar-refractivity contribution in [3.63, 3.8) is 0 Å². The predicted molar refractivity (Wildman–Crippen MR) is 162 cm³/mol. The Kier molecular flexibility index (Phi) is 11.4. The molecule has 1 unspecified atom stereocenters. The highest BCUT2D eigenvalue weighted by Crippen LogP contribution is 2.20. The standard InChI is InChI=1S/C32H40N4O5/c1-5-6-19-41-36-28(30(38)39)20-23-13-17-26(18-14-23)35-32(3,4)29(37)21-24-11-15-25(16-12-24)33-31(40)34-27-10-8-7-9-22(27)2/h7-18,28,35-36H,5-6,19-21H2,1-4H3,(H,38,39)(H2,33,34,40). The first-order valence-electron chi connectivity index (χ1n) is 13.8. The number of unbranched alkanes of at least 4 members (excludes halogenated alkanes) is 1. The molecule has 5 N–H and O–H groups in total. The monoisotopic (exact) mass is 560 g/mol. The van der Waals surface area contributed by atoms with Crippen LogP contribution in [0.4, 0.5) is 21.9 Å². The Morgan fingerprint density at radius 1 is 0.878 bits per heavy atom. The van der Waals surface area contributed by atoms with Gasteiger partial charge < -0.3 is 25.9 Å². The van der Waals surface area contributed by atoms with Crippen molar-refractivity contribution in [2.45, 2.75) is 65.0 Å². The van der Waals surface area contributed by atoms with E-state index in [0.29, 0.717) is 12.3 Å². The molecule has 3 rings (SSSR count). The summed E-state index contributed by atoms with van der Waals surface area (Å²) in [5, 5.41) is 18.4. The van der Waals surface area contributed by atoms with Gasteiger partial charge in [-0.3, -0.25) is 9.59 Å². The van der Waals surface area contributed by atoms with Gasteiger partial charge in [0.05, 0.1) is 12.1 Å². The number of hydroxylamine groups is 1. The van der Waals surface area contributed by atoms with Crippen LogP contribution in [0.5, 0.6) is 0 Å². The van der Waals surface area contributed by atoms with Crippen LogP contribution in [0.3, 0.4) is 0 Å². The van der Waals surface area contributed by atoms with Gasteiger partial charge in [-0.1, -0.05) is 55.8 Å². The van der Waals surface area contributed by atoms with E-state index < -0.39 is 17.6 Å². The summed E-state index contributed by atoms with van der Waals surface area (Å²) in [5.74, 6) is -0.983. The van der Waals surface area contributed by atoms with E-state index in [4.69, 9.17) is 4.84 Å². The first kappa shape index (κ1) is 31.3. The zero-order valence-corrected chi connectivity index (χ0v) is 24.1. The summed E-state index contributed by atoms with van der Waals surface area (Å²) in [6.45, 7) is 8.07. The third-order valence-electron chi connectivity index (χ3n) is 6.64. The molecule has 0 fully saturated rings. The number of carbonyl (C=O) groups is 3. The number of carboxylic acid groups (broad SMARTS) is 1. The second-order valence-electron chi connectivity index (χ2n) is 10.6. The number of aliphatic carboxylic acids is 1. The van der Waals surface area contributed by atoms with Crippen molar-refractivity contribution in [2.75, 3.05) is 22.6 Å². The lowest BCUT2D eigenvalue weighted by Gasteiger charge is -2.26. The van der Waals surface area contributed by atoms with Gasteiger partial charge in [0.2, 0.25) is 0 Å². The number of aryl methyl sites for hydroxylation is 1. The number of urea groups is 1. The van der Waals surface area contributed by atoms with Gasteiger partial charge in [0.15, 0.2) is 5.78 Å². The topological polar surface area (TPSA) is 129 Å². The van der Waals surface area contributed by atoms with Crippen molar-refractivity contribution in [1.29, 1.82) is 0 Å². The Hall–Kier alpha value is -4.21. The molecular weight excluding hydrogens is 520 g/mol. The van der Waals surface area contributed by atoms with Gasteiger partial charge in [-0.15, -0.1) is 0 Å². The summed E-state index contributed by atoms with van der Waals surface area (Å²) in [4.78, 5) is 42.4. The number of hydrogen-bond donors (Lipinski definition) is 5. The summed E-state index contributed by atoms with van der Waals surface area (Å²) in [5.41, 5.74) is 6.54. The Labute approximate surface area is 241 Å². The van der Waals surface area contributed by atoms with Crippen molar-refractivity contribution in [1.82, 2.24) is 5.48 Å². The number of anilines is 3. The van der Waals surface area contributed by atoms with E-state index in [-0.39, 0.29) is 24.7 Å². The predicted octanol–water partition coefficient (Wildman–Crippen LogP) is 5.96. The Balaban J connectivity index is 1.51. The molecule has 0 aliphatic carbocycles. The SMILES string of the molecule is CCCCONC(Cc1ccc(NC(C)(C)C(=O)Cc2ccc(NC(=O)Nc3ccccc3C)cc2)cc1)C(=O)O. The molecule has 0 bridgehead atoms. The molecule has 218 valence electrons. The number of carboxylic acids is 1. The second kappa shape index (κ2) is 15.0. The number of nitrogens with one attached hydrogen (secondary N) is 4. The number of para-hydroxylation sites is 1. The molecule has 3 aromatic rings. The molecule has 0 radical (unpaired) electrons. The Bertz CT molecular complexity index is 1310. The molecule has 1 atom stereocenters. The fourth-order valence-electron chi connectivity index (χ4n) is 4.06. The number of carbonyl (C=O) groups excluding carboxylic acids is 2. The molecule has 0 aliphatic rings. The van der Waals surface area contributed by atoms with Crippen molar-refractivity contribution in [3.05, 3.63) is 89.5 Å². The molecule has 0 saturated carbocycles. The largest absolute Gasteiger partial charge is 0.480 e. The third-order valence-corrected chi connectivity index (χ3v) is 6.64. The number of rotatable bonds is 15. The lowest BCUT2D eigenvalue weighted by molar-refractivity contribution is -0.144. The maximum Gasteiger partial charge on any atom is 0.323 e. The van der Waals surface area contributed by atoms with E-state index in [9.17, 15) is 19.5 Å². The summed E-state index contributed by atoms with van der Waals surface area (Å²) in [6.07, 6.45) is 2.30. The lowest BCUT2D eigenvalue weighted by Crippen LogP contribution is -2.41. The van der Waals surface area contributed by atoms with Crippen LogP contribution in [0, 0.1) is 6.92 Å². The number of ketones is 1. The van der Waals surface area contributed by atoms with Crippen molar-refractivity contribution < 1.29 is 24.3 Å². The molecule has 0 aromatic heterocycles. The van der Waals surface area contributed by atoms with Crippen LogP contribution in [0.25, 0.3) is 0 Å². The summed E-state index contributed by atoms with van der Waals surface area (Å²) in [7, 11) is 0. The molecule has 9 nitrogen and oxygen atoms in total. The van der Waals surface area contributed by atoms with Gasteiger partial charge in [0.1, 0.15) is 6.04 Å². The van der Waals surface area contributed by atoms with Crippen molar-refractivity contribution in [2.24, 2.45) is 0 Å². The normalized spacial score (nSPS) is 11.9. The average molecular weight is 561 g/mol. The van der Waals surface area contributed by atoms with Crippen LogP contribution >= 0.6 is 0 Å². The molecule has 2 amide bonds. The fraction of sp³-hybridized carbons (Fsp3) is 0.344. The maximum atomic E-state index is 13.1. The second-order valence-corrected chi connectivity index (χ2v) is 10.6. The van der Waals surface area contributed by atoms with Crippen LogP contribution in [-0.4, -0.2) is 41.1 Å². The van der Waals surface area contributed by atoms with E-state index in [1.54, 1.807) is 12.1 Å². The highest BCUT2D eigenvalue weighted by molar-refractivity contribution is 6.00. The summed E-state index contributed by atoms with van der Waals surface area (Å²) < 4.78 is 0. The molecule has 3 aromatic carbocycles. The smallest absolute Gasteiger partial charge is 0.323 e. The quantitative estimate of drug-likeness (QED) is 0.115. The van der Waals surface area contributed by atoms with E-state index in [2.05, 4.69) is 21.4 Å². The highest BCUT2D eigenvalue weighted by Gasteiger charge is 2.27. The van der Waals surface area contributed by atoms with Crippen molar-refractivity contribution in [3.8, 4) is 0 Å². The van der Waals surface area contributed by atoms with E-state index in [1.165, 1.54) is 0 Å². The first-order chi connectivity index (χ1) is 19.6. The zero-order valence-electron chi connectivity index (χ0n) is 24.1. The minimum absolute atomic E-state index is 0.000971. The fourth-order valence-corrected chi connectivity index (χ4v) is 4.06. The molecule has 0 spiro atoms. The van der Waals surface area contributed by atoms with Gasteiger partial charge in [-0.05, 0) is 74.2 Å². The Morgan fingerprint density at radius 2 is 1.51 bits per heavy atom. The van der Waals surface area contributed by atoms with Crippen LogP contribution < -0.4 is 21.4 Å². The van der Waals surface area contributed by atoms with Gasteiger partial charge in [-0.2, -0.15) is 5.48 Å². The molecule has 0 heterocycles. The van der Waals surface area contributed by atoms with Gasteiger partial charge in [-0.25, -0.2) is 4.79 Å². The molecule has 0 saturated heterocycles. The summed E-state index contributed by atoms with van der Waals surface area (Å²) in [6, 6.07) is 20.9. The van der Waals surface area contributed by atoms with Crippen molar-refractivity contribution >= 4 is 34.8 Å². The minimum Gasteiger partial charge on any atom is -0.480 e. The molecular formula is C32H40N4O5. The third kappa shape index (κ3) is 10.0. The van der Waals surface area contributed by atoms with Gasteiger partial charge in [0.25, 0.3) is 0 Å². The van der Waals surface area contributed by atoms with Crippen LogP contribution in [0.2, 0.25) is 0 Å². The maximum absolute atomic E-state index is 13.1. The first-order valence-corrected chi connectivity index (χ1v) is 13.8. The minimum atomic E-state index is -0.982. The average Bonchev–Trinajstić information content (AvgIpc) is 2.93. The molecule has 9 heteroatoms. The number of amides is 2. The van der Waals surface area contributed by atoms with E-state index in [1.807, 2.05) is 88.4 Å². The molecule has 0 aliphatic heterocycles. The number of Topliss-reactive ketones (excluding diaryl/α,β-unsaturated/α-hetero) is 1. The van der Waals surface area contributed by atoms with Gasteiger partial charge in [0, 0.05) is 29.9 Å². The van der Waals surface area contributed by atoms with E-state index in [0.717, 1.165) is 40.9 Å². The Morgan fingerprint density at radius 3 is 2.15 bits per heavy atom. The van der Waals surface area contributed by atoms with Crippen LogP contribution in [0.15, 0.2) is 72.8 Å². The number of benzene rings is 3.